The summed E-state index contributed by atoms with van der Waals surface area (Å²) in [5, 5.41) is 3.43. The molecule has 0 amide bonds. The highest BCUT2D eigenvalue weighted by atomic mass is 19.1. The first-order valence-electron chi connectivity index (χ1n) is 6.49. The third-order valence-corrected chi connectivity index (χ3v) is 3.00. The molecule has 0 atom stereocenters. The summed E-state index contributed by atoms with van der Waals surface area (Å²) in [6, 6.07) is 6.86. The summed E-state index contributed by atoms with van der Waals surface area (Å²) in [5.74, 6) is -0.156. The summed E-state index contributed by atoms with van der Waals surface area (Å²) < 4.78 is 12.8. The van der Waals surface area contributed by atoms with Gasteiger partial charge in [-0.15, -0.1) is 0 Å². The first-order chi connectivity index (χ1) is 8.03. The van der Waals surface area contributed by atoms with E-state index < -0.39 is 0 Å². The average molecular weight is 237 g/mol. The molecule has 0 radical (unpaired) electrons. The molecule has 96 valence electrons. The molecule has 0 spiro atoms. The van der Waals surface area contributed by atoms with Crippen LogP contribution in [0.1, 0.15) is 39.2 Å². The predicted molar refractivity (Wildman–Crippen MR) is 71.7 cm³/mol. The second-order valence-electron chi connectivity index (χ2n) is 5.47. The average Bonchev–Trinajstić information content (AvgIpc) is 2.27. The Labute approximate surface area is 104 Å². The summed E-state index contributed by atoms with van der Waals surface area (Å²) in [4.78, 5) is 0. The fourth-order valence-corrected chi connectivity index (χ4v) is 1.97. The molecule has 0 bridgehead atoms. The molecule has 0 aromatic heterocycles. The molecule has 0 unspecified atom stereocenters. The number of benzene rings is 1. The van der Waals surface area contributed by atoms with Gasteiger partial charge < -0.3 is 5.32 Å². The van der Waals surface area contributed by atoms with Gasteiger partial charge in [0.25, 0.3) is 0 Å². The fraction of sp³-hybridized carbons (Fsp3) is 0.600. The minimum absolute atomic E-state index is 0.156. The SMILES string of the molecule is CCCNCCC(C)(C)Cc1ccc(F)cc1. The van der Waals surface area contributed by atoms with Crippen molar-refractivity contribution in [3.63, 3.8) is 0 Å². The summed E-state index contributed by atoms with van der Waals surface area (Å²) in [6.07, 6.45) is 3.32. The first kappa shape index (κ1) is 14.2. The molecule has 1 N–H and O–H groups in total. The van der Waals surface area contributed by atoms with Gasteiger partial charge in [0.05, 0.1) is 0 Å². The molecule has 0 aliphatic heterocycles. The third kappa shape index (κ3) is 5.83. The van der Waals surface area contributed by atoms with Gasteiger partial charge in [0.2, 0.25) is 0 Å². The van der Waals surface area contributed by atoms with E-state index in [1.807, 2.05) is 12.1 Å². The van der Waals surface area contributed by atoms with Gasteiger partial charge in [0.15, 0.2) is 0 Å². The number of halogens is 1. The summed E-state index contributed by atoms with van der Waals surface area (Å²) in [5.41, 5.74) is 1.48. The molecular formula is C15H24FN. The minimum Gasteiger partial charge on any atom is -0.317 e. The molecule has 1 rings (SSSR count). The maximum absolute atomic E-state index is 12.8. The fourth-order valence-electron chi connectivity index (χ4n) is 1.97. The van der Waals surface area contributed by atoms with Crippen molar-refractivity contribution in [2.75, 3.05) is 13.1 Å². The van der Waals surface area contributed by atoms with E-state index in [2.05, 4.69) is 26.1 Å². The molecule has 1 aromatic carbocycles. The van der Waals surface area contributed by atoms with Crippen molar-refractivity contribution in [3.05, 3.63) is 35.6 Å². The highest BCUT2D eigenvalue weighted by Crippen LogP contribution is 2.25. The van der Waals surface area contributed by atoms with Crippen molar-refractivity contribution in [3.8, 4) is 0 Å². The van der Waals surface area contributed by atoms with Crippen LogP contribution in [0.2, 0.25) is 0 Å². The van der Waals surface area contributed by atoms with Crippen LogP contribution in [-0.2, 0) is 6.42 Å². The summed E-state index contributed by atoms with van der Waals surface area (Å²) in [7, 11) is 0. The monoisotopic (exact) mass is 237 g/mol. The lowest BCUT2D eigenvalue weighted by molar-refractivity contribution is 0.325. The highest BCUT2D eigenvalue weighted by molar-refractivity contribution is 5.17. The van der Waals surface area contributed by atoms with E-state index in [1.165, 1.54) is 12.0 Å². The predicted octanol–water partition coefficient (Wildman–Crippen LogP) is 3.78. The number of hydrogen-bond donors (Lipinski definition) is 1. The van der Waals surface area contributed by atoms with Gasteiger partial charge in [-0.2, -0.15) is 0 Å². The Morgan fingerprint density at radius 1 is 1.12 bits per heavy atom. The zero-order chi connectivity index (χ0) is 12.7. The van der Waals surface area contributed by atoms with Gasteiger partial charge in [0.1, 0.15) is 5.82 Å². The van der Waals surface area contributed by atoms with Crippen molar-refractivity contribution >= 4 is 0 Å². The molecule has 17 heavy (non-hydrogen) atoms. The minimum atomic E-state index is -0.156. The van der Waals surface area contributed by atoms with Crippen LogP contribution in [-0.4, -0.2) is 13.1 Å². The molecule has 2 heteroatoms. The Balaban J connectivity index is 2.40. The molecule has 0 aliphatic carbocycles. The third-order valence-electron chi connectivity index (χ3n) is 3.00. The molecule has 0 saturated heterocycles. The molecule has 0 fully saturated rings. The Morgan fingerprint density at radius 2 is 1.76 bits per heavy atom. The largest absolute Gasteiger partial charge is 0.317 e. The number of rotatable bonds is 7. The van der Waals surface area contributed by atoms with E-state index in [9.17, 15) is 4.39 Å². The van der Waals surface area contributed by atoms with Gasteiger partial charge in [-0.3, -0.25) is 0 Å². The van der Waals surface area contributed by atoms with E-state index in [-0.39, 0.29) is 11.2 Å². The quantitative estimate of drug-likeness (QED) is 0.712. The van der Waals surface area contributed by atoms with Crippen molar-refractivity contribution in [2.45, 2.75) is 40.0 Å². The maximum atomic E-state index is 12.8. The van der Waals surface area contributed by atoms with Crippen LogP contribution < -0.4 is 5.32 Å². The molecule has 0 heterocycles. The van der Waals surface area contributed by atoms with Gasteiger partial charge >= 0.3 is 0 Å². The zero-order valence-electron chi connectivity index (χ0n) is 11.2. The molecule has 0 saturated carbocycles. The van der Waals surface area contributed by atoms with Crippen LogP contribution in [0.25, 0.3) is 0 Å². The lowest BCUT2D eigenvalue weighted by atomic mass is 9.82. The topological polar surface area (TPSA) is 12.0 Å². The van der Waals surface area contributed by atoms with Crippen molar-refractivity contribution < 1.29 is 4.39 Å². The number of hydrogen-bond acceptors (Lipinski definition) is 1. The van der Waals surface area contributed by atoms with Crippen LogP contribution in [0.4, 0.5) is 4.39 Å². The molecule has 0 aliphatic rings. The maximum Gasteiger partial charge on any atom is 0.123 e. The normalized spacial score (nSPS) is 11.8. The Bertz CT molecular complexity index is 316. The lowest BCUT2D eigenvalue weighted by Crippen LogP contribution is -2.24. The van der Waals surface area contributed by atoms with E-state index in [1.54, 1.807) is 12.1 Å². The van der Waals surface area contributed by atoms with Crippen LogP contribution >= 0.6 is 0 Å². The van der Waals surface area contributed by atoms with Crippen LogP contribution in [0, 0.1) is 11.2 Å². The Morgan fingerprint density at radius 3 is 2.35 bits per heavy atom. The second-order valence-corrected chi connectivity index (χ2v) is 5.47. The van der Waals surface area contributed by atoms with Crippen LogP contribution in [0.15, 0.2) is 24.3 Å². The zero-order valence-corrected chi connectivity index (χ0v) is 11.2. The first-order valence-corrected chi connectivity index (χ1v) is 6.49. The van der Waals surface area contributed by atoms with E-state index in [0.29, 0.717) is 0 Å². The smallest absolute Gasteiger partial charge is 0.123 e. The van der Waals surface area contributed by atoms with Gasteiger partial charge in [-0.1, -0.05) is 32.9 Å². The Hall–Kier alpha value is -0.890. The van der Waals surface area contributed by atoms with Gasteiger partial charge in [0, 0.05) is 0 Å². The summed E-state index contributed by atoms with van der Waals surface area (Å²) in [6.45, 7) is 8.86. The van der Waals surface area contributed by atoms with E-state index >= 15 is 0 Å². The standard InChI is InChI=1S/C15H24FN/c1-4-10-17-11-9-15(2,3)12-13-5-7-14(16)8-6-13/h5-8,17H,4,9-12H2,1-3H3. The van der Waals surface area contributed by atoms with Crippen molar-refractivity contribution in [1.29, 1.82) is 0 Å². The van der Waals surface area contributed by atoms with E-state index in [0.717, 1.165) is 25.9 Å². The van der Waals surface area contributed by atoms with E-state index in [4.69, 9.17) is 0 Å². The van der Waals surface area contributed by atoms with Gasteiger partial charge in [-0.25, -0.2) is 4.39 Å². The van der Waals surface area contributed by atoms with Crippen LogP contribution in [0.3, 0.4) is 0 Å². The lowest BCUT2D eigenvalue weighted by Gasteiger charge is -2.25. The van der Waals surface area contributed by atoms with Crippen LogP contribution in [0.5, 0.6) is 0 Å². The molecule has 1 aromatic rings. The molecular weight excluding hydrogens is 213 g/mol. The second kappa shape index (κ2) is 6.75. The van der Waals surface area contributed by atoms with Gasteiger partial charge in [-0.05, 0) is 55.5 Å². The number of nitrogens with one attached hydrogen (secondary N) is 1. The Kier molecular flexibility index (Phi) is 5.63. The van der Waals surface area contributed by atoms with Crippen molar-refractivity contribution in [1.82, 2.24) is 5.32 Å². The highest BCUT2D eigenvalue weighted by Gasteiger charge is 2.17. The summed E-state index contributed by atoms with van der Waals surface area (Å²) >= 11 is 0. The van der Waals surface area contributed by atoms with Crippen molar-refractivity contribution in [2.24, 2.45) is 5.41 Å². The molecule has 1 nitrogen and oxygen atoms in total.